The van der Waals surface area contributed by atoms with Crippen molar-refractivity contribution in [2.45, 2.75) is 6.54 Å². The molecule has 2 aromatic carbocycles. The molecule has 5 heteroatoms. The summed E-state index contributed by atoms with van der Waals surface area (Å²) in [4.78, 5) is 16.3. The van der Waals surface area contributed by atoms with Crippen molar-refractivity contribution in [2.75, 3.05) is 7.11 Å². The highest BCUT2D eigenvalue weighted by molar-refractivity contribution is 6.30. The molecule has 0 saturated carbocycles. The normalized spacial score (nSPS) is 10.3. The third kappa shape index (κ3) is 4.17. The Morgan fingerprint density at radius 1 is 1.08 bits per heavy atom. The van der Waals surface area contributed by atoms with Gasteiger partial charge in [0.05, 0.1) is 12.7 Å². The van der Waals surface area contributed by atoms with Crippen molar-refractivity contribution in [1.82, 2.24) is 10.3 Å². The van der Waals surface area contributed by atoms with Crippen LogP contribution in [0.25, 0.3) is 11.1 Å². The Kier molecular flexibility index (Phi) is 5.31. The van der Waals surface area contributed by atoms with E-state index in [4.69, 9.17) is 16.3 Å². The van der Waals surface area contributed by atoms with Crippen LogP contribution in [0.4, 0.5) is 0 Å². The fraction of sp³-hybridized carbons (Fsp3) is 0.100. The van der Waals surface area contributed by atoms with Crippen LogP contribution in [0.2, 0.25) is 5.15 Å². The summed E-state index contributed by atoms with van der Waals surface area (Å²) >= 11 is 5.88. The molecule has 0 radical (unpaired) electrons. The standard InChI is InChI=1S/C20H17ClN2O2/c1-25-18-11-17(13-22-19(18)21)20(24)23-12-14-6-5-9-16(10-14)15-7-3-2-4-8-15/h2-11,13H,12H2,1H3,(H,23,24). The van der Waals surface area contributed by atoms with Gasteiger partial charge in [-0.1, -0.05) is 60.1 Å². The molecule has 3 rings (SSSR count). The number of rotatable bonds is 5. The molecule has 25 heavy (non-hydrogen) atoms. The maximum absolute atomic E-state index is 12.3. The number of nitrogens with one attached hydrogen (secondary N) is 1. The molecule has 4 nitrogen and oxygen atoms in total. The second-order valence-electron chi connectivity index (χ2n) is 5.47. The fourth-order valence-electron chi connectivity index (χ4n) is 2.47. The van der Waals surface area contributed by atoms with Crippen molar-refractivity contribution < 1.29 is 9.53 Å². The lowest BCUT2D eigenvalue weighted by Gasteiger charge is -2.09. The lowest BCUT2D eigenvalue weighted by atomic mass is 10.0. The second-order valence-corrected chi connectivity index (χ2v) is 5.82. The Hall–Kier alpha value is -2.85. The van der Waals surface area contributed by atoms with E-state index in [1.165, 1.54) is 13.3 Å². The summed E-state index contributed by atoms with van der Waals surface area (Å²) in [6.07, 6.45) is 1.43. The zero-order valence-corrected chi connectivity index (χ0v) is 14.5. The van der Waals surface area contributed by atoms with Crippen LogP contribution in [-0.4, -0.2) is 18.0 Å². The number of aromatic nitrogens is 1. The molecule has 0 atom stereocenters. The first kappa shape index (κ1) is 17.0. The Balaban J connectivity index is 1.70. The van der Waals surface area contributed by atoms with E-state index in [9.17, 15) is 4.79 Å². The Morgan fingerprint density at radius 2 is 1.84 bits per heavy atom. The van der Waals surface area contributed by atoms with E-state index in [1.807, 2.05) is 30.3 Å². The van der Waals surface area contributed by atoms with E-state index in [1.54, 1.807) is 6.07 Å². The summed E-state index contributed by atoms with van der Waals surface area (Å²) in [6, 6.07) is 19.8. The number of ether oxygens (including phenoxy) is 1. The number of methoxy groups -OCH3 is 1. The van der Waals surface area contributed by atoms with Crippen molar-refractivity contribution >= 4 is 17.5 Å². The van der Waals surface area contributed by atoms with Crippen molar-refractivity contribution in [3.63, 3.8) is 0 Å². The molecule has 126 valence electrons. The van der Waals surface area contributed by atoms with Crippen LogP contribution in [0.1, 0.15) is 15.9 Å². The first-order valence-corrected chi connectivity index (χ1v) is 8.17. The third-order valence-electron chi connectivity index (χ3n) is 3.78. The van der Waals surface area contributed by atoms with Gasteiger partial charge in [-0.05, 0) is 28.8 Å². The highest BCUT2D eigenvalue weighted by atomic mass is 35.5. The van der Waals surface area contributed by atoms with E-state index >= 15 is 0 Å². The fourth-order valence-corrected chi connectivity index (χ4v) is 2.65. The van der Waals surface area contributed by atoms with Crippen LogP contribution in [0.15, 0.2) is 66.9 Å². The van der Waals surface area contributed by atoms with Gasteiger partial charge in [0.25, 0.3) is 5.91 Å². The third-order valence-corrected chi connectivity index (χ3v) is 4.06. The molecule has 0 aliphatic rings. The molecule has 0 aliphatic heterocycles. The average Bonchev–Trinajstić information content (AvgIpc) is 2.67. The van der Waals surface area contributed by atoms with E-state index < -0.39 is 0 Å². The lowest BCUT2D eigenvalue weighted by molar-refractivity contribution is 0.0950. The lowest BCUT2D eigenvalue weighted by Crippen LogP contribution is -2.23. The van der Waals surface area contributed by atoms with E-state index in [-0.39, 0.29) is 11.1 Å². The number of halogens is 1. The molecule has 3 aromatic rings. The molecule has 1 heterocycles. The topological polar surface area (TPSA) is 51.2 Å². The quantitative estimate of drug-likeness (QED) is 0.695. The summed E-state index contributed by atoms with van der Waals surface area (Å²) in [6.45, 7) is 0.421. The largest absolute Gasteiger partial charge is 0.493 e. The Morgan fingerprint density at radius 3 is 2.60 bits per heavy atom. The van der Waals surface area contributed by atoms with Crippen LogP contribution < -0.4 is 10.1 Å². The second kappa shape index (κ2) is 7.81. The summed E-state index contributed by atoms with van der Waals surface area (Å²) in [5, 5.41) is 3.12. The smallest absolute Gasteiger partial charge is 0.253 e. The predicted octanol–water partition coefficient (Wildman–Crippen LogP) is 4.34. The Bertz CT molecular complexity index is 882. The molecule has 1 N–H and O–H groups in total. The molecule has 1 amide bonds. The summed E-state index contributed by atoms with van der Waals surface area (Å²) in [5.41, 5.74) is 3.67. The van der Waals surface area contributed by atoms with Crippen molar-refractivity contribution in [3.8, 4) is 16.9 Å². The number of benzene rings is 2. The molecule has 0 bridgehead atoms. The number of hydrogen-bond donors (Lipinski definition) is 1. The number of carbonyl (C=O) groups excluding carboxylic acids is 1. The predicted molar refractivity (Wildman–Crippen MR) is 98.8 cm³/mol. The number of amides is 1. The van der Waals surface area contributed by atoms with Crippen molar-refractivity contribution in [2.24, 2.45) is 0 Å². The number of hydrogen-bond acceptors (Lipinski definition) is 3. The number of carbonyl (C=O) groups is 1. The maximum atomic E-state index is 12.3. The minimum atomic E-state index is -0.229. The average molecular weight is 353 g/mol. The molecule has 0 spiro atoms. The monoisotopic (exact) mass is 352 g/mol. The van der Waals surface area contributed by atoms with Gasteiger partial charge < -0.3 is 10.1 Å². The zero-order chi connectivity index (χ0) is 17.6. The van der Waals surface area contributed by atoms with Crippen molar-refractivity contribution in [1.29, 1.82) is 0 Å². The van der Waals surface area contributed by atoms with Gasteiger partial charge in [-0.15, -0.1) is 0 Å². The van der Waals surface area contributed by atoms with E-state index in [0.717, 1.165) is 16.7 Å². The maximum Gasteiger partial charge on any atom is 0.253 e. The molecule has 0 fully saturated rings. The SMILES string of the molecule is COc1cc(C(=O)NCc2cccc(-c3ccccc3)c2)cnc1Cl. The Labute approximate surface area is 151 Å². The highest BCUT2D eigenvalue weighted by Crippen LogP contribution is 2.22. The van der Waals surface area contributed by atoms with Crippen LogP contribution in [-0.2, 0) is 6.54 Å². The molecular formula is C20H17ClN2O2. The van der Waals surface area contributed by atoms with E-state index in [0.29, 0.717) is 17.9 Å². The first-order valence-electron chi connectivity index (χ1n) is 7.79. The number of pyridine rings is 1. The highest BCUT2D eigenvalue weighted by Gasteiger charge is 2.10. The molecule has 1 aromatic heterocycles. The van der Waals surface area contributed by atoms with Gasteiger partial charge in [-0.2, -0.15) is 0 Å². The van der Waals surface area contributed by atoms with Crippen LogP contribution >= 0.6 is 11.6 Å². The van der Waals surface area contributed by atoms with Gasteiger partial charge >= 0.3 is 0 Å². The minimum absolute atomic E-state index is 0.229. The van der Waals surface area contributed by atoms with Gasteiger partial charge in [-0.3, -0.25) is 4.79 Å². The first-order chi connectivity index (χ1) is 12.2. The van der Waals surface area contributed by atoms with Gasteiger partial charge in [0.15, 0.2) is 10.9 Å². The van der Waals surface area contributed by atoms with Crippen molar-refractivity contribution in [3.05, 3.63) is 83.1 Å². The summed E-state index contributed by atoms with van der Waals surface area (Å²) < 4.78 is 5.09. The van der Waals surface area contributed by atoms with E-state index in [2.05, 4.69) is 34.6 Å². The molecule has 0 saturated heterocycles. The van der Waals surface area contributed by atoms with Gasteiger partial charge in [0.2, 0.25) is 0 Å². The number of nitrogens with zero attached hydrogens (tertiary/aromatic N) is 1. The molecule has 0 aliphatic carbocycles. The molecule has 0 unspecified atom stereocenters. The van der Waals surface area contributed by atoms with Gasteiger partial charge in [0.1, 0.15) is 0 Å². The minimum Gasteiger partial charge on any atom is -0.493 e. The van der Waals surface area contributed by atoms with Crippen LogP contribution in [0.5, 0.6) is 5.75 Å². The summed E-state index contributed by atoms with van der Waals surface area (Å²) in [7, 11) is 1.49. The van der Waals surface area contributed by atoms with Crippen LogP contribution in [0, 0.1) is 0 Å². The molecular weight excluding hydrogens is 336 g/mol. The van der Waals surface area contributed by atoms with Crippen LogP contribution in [0.3, 0.4) is 0 Å². The zero-order valence-electron chi connectivity index (χ0n) is 13.7. The van der Waals surface area contributed by atoms with Gasteiger partial charge in [0, 0.05) is 12.7 Å². The summed E-state index contributed by atoms with van der Waals surface area (Å²) in [5.74, 6) is 0.146. The van der Waals surface area contributed by atoms with Gasteiger partial charge in [-0.25, -0.2) is 4.98 Å².